The average molecular weight is 278 g/mol. The molecule has 0 aliphatic heterocycles. The van der Waals surface area contributed by atoms with Crippen LogP contribution < -0.4 is 0 Å². The van der Waals surface area contributed by atoms with Gasteiger partial charge < -0.3 is 5.11 Å². The summed E-state index contributed by atoms with van der Waals surface area (Å²) in [5, 5.41) is 8.85. The van der Waals surface area contributed by atoms with Gasteiger partial charge in [0.25, 0.3) is 5.92 Å². The topological polar surface area (TPSA) is 50.2 Å². The van der Waals surface area contributed by atoms with Crippen LogP contribution in [0.15, 0.2) is 22.8 Å². The molecule has 0 bridgehead atoms. The minimum Gasteiger partial charge on any atom is -0.480 e. The van der Waals surface area contributed by atoms with Crippen LogP contribution in [0.5, 0.6) is 0 Å². The van der Waals surface area contributed by atoms with Crippen molar-refractivity contribution in [3.8, 4) is 0 Å². The lowest BCUT2D eigenvalue weighted by molar-refractivity contribution is -0.143. The van der Waals surface area contributed by atoms with Crippen LogP contribution in [0.3, 0.4) is 0 Å². The van der Waals surface area contributed by atoms with E-state index in [9.17, 15) is 13.6 Å². The minimum absolute atomic E-state index is 0.102. The number of aromatic nitrogens is 1. The Labute approximate surface area is 92.3 Å². The van der Waals surface area contributed by atoms with E-state index in [4.69, 9.17) is 5.11 Å². The molecule has 1 aliphatic rings. The molecule has 80 valence electrons. The van der Waals surface area contributed by atoms with Gasteiger partial charge in [0, 0.05) is 6.42 Å². The molecule has 15 heavy (non-hydrogen) atoms. The lowest BCUT2D eigenvalue weighted by Crippen LogP contribution is -2.28. The van der Waals surface area contributed by atoms with Gasteiger partial charge in [0.2, 0.25) is 0 Å². The number of nitrogens with zero attached hydrogens (tertiary/aromatic N) is 1. The van der Waals surface area contributed by atoms with E-state index in [0.717, 1.165) is 0 Å². The van der Waals surface area contributed by atoms with Gasteiger partial charge in [0.1, 0.15) is 4.60 Å². The molecule has 0 radical (unpaired) electrons. The van der Waals surface area contributed by atoms with Crippen LogP contribution in [0.25, 0.3) is 0 Å². The van der Waals surface area contributed by atoms with E-state index in [2.05, 4.69) is 20.9 Å². The van der Waals surface area contributed by atoms with Gasteiger partial charge in [-0.3, -0.25) is 4.79 Å². The first-order valence-corrected chi connectivity index (χ1v) is 4.94. The summed E-state index contributed by atoms with van der Waals surface area (Å²) in [6.45, 7) is 0. The molecule has 0 aromatic carbocycles. The number of carboxylic acids is 1. The molecule has 6 heteroatoms. The van der Waals surface area contributed by atoms with E-state index in [0.29, 0.717) is 4.60 Å². The molecule has 0 saturated heterocycles. The number of alkyl halides is 2. The van der Waals surface area contributed by atoms with Crippen molar-refractivity contribution in [2.24, 2.45) is 0 Å². The summed E-state index contributed by atoms with van der Waals surface area (Å²) in [7, 11) is 0. The first kappa shape index (κ1) is 10.5. The van der Waals surface area contributed by atoms with E-state index < -0.39 is 23.7 Å². The highest BCUT2D eigenvalue weighted by Gasteiger charge is 2.78. The van der Waals surface area contributed by atoms with Crippen molar-refractivity contribution >= 4 is 21.9 Å². The Kier molecular flexibility index (Phi) is 2.08. The van der Waals surface area contributed by atoms with Crippen molar-refractivity contribution in [1.82, 2.24) is 4.98 Å². The van der Waals surface area contributed by atoms with Gasteiger partial charge in [-0.05, 0) is 28.1 Å². The van der Waals surface area contributed by atoms with E-state index in [1.54, 1.807) is 6.07 Å². The molecule has 1 aromatic rings. The van der Waals surface area contributed by atoms with E-state index >= 15 is 0 Å². The third-order valence-electron chi connectivity index (χ3n) is 2.50. The molecular weight excluding hydrogens is 272 g/mol. The van der Waals surface area contributed by atoms with Crippen LogP contribution in [0.4, 0.5) is 8.78 Å². The first-order chi connectivity index (χ1) is 6.90. The summed E-state index contributed by atoms with van der Waals surface area (Å²) < 4.78 is 26.5. The van der Waals surface area contributed by atoms with Crippen molar-refractivity contribution in [2.45, 2.75) is 17.8 Å². The molecule has 1 aliphatic carbocycles. The molecule has 3 nitrogen and oxygen atoms in total. The Morgan fingerprint density at radius 2 is 2.13 bits per heavy atom. The number of halogens is 3. The average Bonchev–Trinajstić information content (AvgIpc) is 2.71. The Balaban J connectivity index is 2.50. The number of rotatable bonds is 2. The summed E-state index contributed by atoms with van der Waals surface area (Å²) >= 11 is 3.02. The Morgan fingerprint density at radius 3 is 2.53 bits per heavy atom. The van der Waals surface area contributed by atoms with E-state index in [1.165, 1.54) is 12.1 Å². The smallest absolute Gasteiger partial charge is 0.322 e. The Morgan fingerprint density at radius 1 is 1.53 bits per heavy atom. The highest BCUT2D eigenvalue weighted by molar-refractivity contribution is 9.10. The Hall–Kier alpha value is -1.04. The zero-order valence-electron chi connectivity index (χ0n) is 7.38. The molecule has 1 atom stereocenters. The molecule has 2 rings (SSSR count). The maximum atomic E-state index is 13.1. The molecular formula is C9H6BrF2NO2. The van der Waals surface area contributed by atoms with Crippen molar-refractivity contribution in [2.75, 3.05) is 0 Å². The number of hydrogen-bond donors (Lipinski definition) is 1. The second-order valence-electron chi connectivity index (χ2n) is 3.44. The predicted octanol–water partition coefficient (Wildman–Crippen LogP) is 2.21. The van der Waals surface area contributed by atoms with Gasteiger partial charge in [-0.2, -0.15) is 0 Å². The lowest BCUT2D eigenvalue weighted by Gasteiger charge is -2.10. The fourth-order valence-corrected chi connectivity index (χ4v) is 1.90. The van der Waals surface area contributed by atoms with Crippen LogP contribution in [0.2, 0.25) is 0 Å². The summed E-state index contributed by atoms with van der Waals surface area (Å²) in [4.78, 5) is 14.7. The number of hydrogen-bond acceptors (Lipinski definition) is 2. The van der Waals surface area contributed by atoms with Gasteiger partial charge in [-0.1, -0.05) is 6.07 Å². The van der Waals surface area contributed by atoms with Crippen LogP contribution in [0.1, 0.15) is 12.1 Å². The number of aliphatic carboxylic acids is 1. The summed E-state index contributed by atoms with van der Waals surface area (Å²) in [6.07, 6.45) is -0.682. The maximum Gasteiger partial charge on any atom is 0.322 e. The third-order valence-corrected chi connectivity index (χ3v) is 2.95. The van der Waals surface area contributed by atoms with Crippen molar-refractivity contribution < 1.29 is 18.7 Å². The van der Waals surface area contributed by atoms with Gasteiger partial charge in [0.15, 0.2) is 5.41 Å². The fraction of sp³-hybridized carbons (Fsp3) is 0.333. The van der Waals surface area contributed by atoms with Crippen LogP contribution in [-0.2, 0) is 10.2 Å². The lowest BCUT2D eigenvalue weighted by atomic mass is 10.0. The van der Waals surface area contributed by atoms with Crippen molar-refractivity contribution in [3.05, 3.63) is 28.5 Å². The van der Waals surface area contributed by atoms with E-state index in [1.807, 2.05) is 0 Å². The van der Waals surface area contributed by atoms with Gasteiger partial charge in [0.05, 0.1) is 5.69 Å². The highest BCUT2D eigenvalue weighted by atomic mass is 79.9. The molecule has 1 aromatic heterocycles. The van der Waals surface area contributed by atoms with Crippen LogP contribution >= 0.6 is 15.9 Å². The number of pyridine rings is 1. The molecule has 0 amide bonds. The van der Waals surface area contributed by atoms with Gasteiger partial charge >= 0.3 is 5.97 Å². The molecule has 1 unspecified atom stereocenters. The second-order valence-corrected chi connectivity index (χ2v) is 4.25. The minimum atomic E-state index is -3.20. The number of carbonyl (C=O) groups is 1. The first-order valence-electron chi connectivity index (χ1n) is 4.14. The largest absolute Gasteiger partial charge is 0.480 e. The van der Waals surface area contributed by atoms with Gasteiger partial charge in [-0.25, -0.2) is 13.8 Å². The van der Waals surface area contributed by atoms with Crippen molar-refractivity contribution in [1.29, 1.82) is 0 Å². The summed E-state index contributed by atoms with van der Waals surface area (Å²) in [6, 6.07) is 4.35. The maximum absolute atomic E-state index is 13.1. The van der Waals surface area contributed by atoms with Gasteiger partial charge in [-0.15, -0.1) is 0 Å². The predicted molar refractivity (Wildman–Crippen MR) is 50.8 cm³/mol. The highest BCUT2D eigenvalue weighted by Crippen LogP contribution is 2.61. The molecule has 0 spiro atoms. The monoisotopic (exact) mass is 277 g/mol. The molecule has 1 N–H and O–H groups in total. The molecule has 1 saturated carbocycles. The normalized spacial score (nSPS) is 27.4. The summed E-state index contributed by atoms with van der Waals surface area (Å²) in [5.74, 6) is -4.73. The van der Waals surface area contributed by atoms with Crippen LogP contribution in [-0.4, -0.2) is 22.0 Å². The number of carboxylic acid groups (broad SMARTS) is 1. The standard InChI is InChI=1S/C9H6BrF2NO2/c10-6-3-1-2-5(13-6)8(7(14)15)4-9(8,11)12/h1-3H,4H2,(H,14,15). The zero-order chi connectivity index (χ0) is 11.3. The van der Waals surface area contributed by atoms with Crippen LogP contribution in [0, 0.1) is 0 Å². The van der Waals surface area contributed by atoms with Crippen molar-refractivity contribution in [3.63, 3.8) is 0 Å². The SMILES string of the molecule is O=C(O)C1(c2cccc(Br)n2)CC1(F)F. The second kappa shape index (κ2) is 2.98. The quantitative estimate of drug-likeness (QED) is 0.844. The summed E-state index contributed by atoms with van der Waals surface area (Å²) in [5.41, 5.74) is -2.23. The zero-order valence-corrected chi connectivity index (χ0v) is 8.96. The fourth-order valence-electron chi connectivity index (χ4n) is 1.55. The molecule has 1 heterocycles. The Bertz CT molecular complexity index is 438. The van der Waals surface area contributed by atoms with E-state index in [-0.39, 0.29) is 5.69 Å². The third kappa shape index (κ3) is 1.35. The molecule has 1 fully saturated rings.